The van der Waals surface area contributed by atoms with E-state index >= 15 is 0 Å². The zero-order chi connectivity index (χ0) is 26.2. The molecular formula is C27H33N5O4S. The van der Waals surface area contributed by atoms with Crippen LogP contribution < -0.4 is 5.32 Å². The van der Waals surface area contributed by atoms with Crippen LogP contribution >= 0.6 is 11.8 Å². The lowest BCUT2D eigenvalue weighted by atomic mass is 10.0. The summed E-state index contributed by atoms with van der Waals surface area (Å²) in [5, 5.41) is 14.5. The van der Waals surface area contributed by atoms with Crippen LogP contribution in [-0.4, -0.2) is 86.4 Å². The lowest BCUT2D eigenvalue weighted by Crippen LogP contribution is -2.49. The van der Waals surface area contributed by atoms with Crippen LogP contribution in [0.15, 0.2) is 55.0 Å². The smallest absolute Gasteiger partial charge is 0.326 e. The molecule has 2 atom stereocenters. The van der Waals surface area contributed by atoms with Crippen LogP contribution in [0.3, 0.4) is 0 Å². The molecule has 0 unspecified atom stereocenters. The van der Waals surface area contributed by atoms with Crippen molar-refractivity contribution in [3.63, 3.8) is 0 Å². The zero-order valence-corrected chi connectivity index (χ0v) is 21.7. The number of fused-ring (bicyclic) bond motifs is 1. The fraction of sp³-hybridized carbons (Fsp3) is 0.407. The summed E-state index contributed by atoms with van der Waals surface area (Å²) in [5.74, 6) is -0.851. The normalized spacial score (nSPS) is 16.3. The Morgan fingerprint density at radius 2 is 2.05 bits per heavy atom. The molecule has 10 heteroatoms. The Bertz CT molecular complexity index is 1210. The third-order valence-electron chi connectivity index (χ3n) is 6.71. The molecule has 2 amide bonds. The number of likely N-dealkylation sites (tertiary alicyclic amines) is 1. The third kappa shape index (κ3) is 6.90. The predicted octanol–water partition coefficient (Wildman–Crippen LogP) is 2.99. The quantitative estimate of drug-likeness (QED) is 0.334. The summed E-state index contributed by atoms with van der Waals surface area (Å²) in [6.45, 7) is 1.67. The molecule has 3 aromatic rings. The van der Waals surface area contributed by atoms with E-state index in [0.717, 1.165) is 29.2 Å². The number of thioether (sulfide) groups is 1. The van der Waals surface area contributed by atoms with Gasteiger partial charge in [-0.15, -0.1) is 0 Å². The lowest BCUT2D eigenvalue weighted by molar-refractivity contribution is -0.142. The molecule has 0 saturated carbocycles. The molecule has 196 valence electrons. The average molecular weight is 524 g/mol. The zero-order valence-electron chi connectivity index (χ0n) is 20.9. The van der Waals surface area contributed by atoms with Crippen LogP contribution in [0.5, 0.6) is 0 Å². The molecule has 0 bridgehead atoms. The molecule has 1 aliphatic rings. The lowest BCUT2D eigenvalue weighted by Gasteiger charge is -2.31. The number of imidazole rings is 1. The topological polar surface area (TPSA) is 119 Å². The SMILES string of the molecule is CSCC[C@H](NC(=O)CN(Cc1cccc2ccccc12)C[C@@H]1CCCN1C(=O)c1c[nH]cn1)C(=O)O. The van der Waals surface area contributed by atoms with Gasteiger partial charge < -0.3 is 20.3 Å². The monoisotopic (exact) mass is 523 g/mol. The van der Waals surface area contributed by atoms with Gasteiger partial charge in [-0.1, -0.05) is 42.5 Å². The molecule has 2 aromatic carbocycles. The largest absolute Gasteiger partial charge is 0.480 e. The number of carboxylic acid groups (broad SMARTS) is 1. The summed E-state index contributed by atoms with van der Waals surface area (Å²) < 4.78 is 0. The van der Waals surface area contributed by atoms with E-state index in [0.29, 0.717) is 37.5 Å². The van der Waals surface area contributed by atoms with Crippen LogP contribution in [0, 0.1) is 0 Å². The fourth-order valence-corrected chi connectivity index (χ4v) is 5.38. The molecule has 3 N–H and O–H groups in total. The van der Waals surface area contributed by atoms with Gasteiger partial charge in [0.2, 0.25) is 5.91 Å². The Morgan fingerprint density at radius 1 is 1.24 bits per heavy atom. The summed E-state index contributed by atoms with van der Waals surface area (Å²) in [5.41, 5.74) is 1.45. The Morgan fingerprint density at radius 3 is 2.81 bits per heavy atom. The van der Waals surface area contributed by atoms with Gasteiger partial charge in [-0.05, 0) is 47.6 Å². The summed E-state index contributed by atoms with van der Waals surface area (Å²) in [6, 6.07) is 13.2. The highest BCUT2D eigenvalue weighted by Gasteiger charge is 2.32. The van der Waals surface area contributed by atoms with E-state index in [9.17, 15) is 19.5 Å². The van der Waals surface area contributed by atoms with E-state index in [1.165, 1.54) is 6.33 Å². The molecule has 1 saturated heterocycles. The number of hydrogen-bond donors (Lipinski definition) is 3. The molecule has 1 aliphatic heterocycles. The Kier molecular flexibility index (Phi) is 9.19. The third-order valence-corrected chi connectivity index (χ3v) is 7.35. The number of carbonyl (C=O) groups excluding carboxylic acids is 2. The molecule has 37 heavy (non-hydrogen) atoms. The van der Waals surface area contributed by atoms with Gasteiger partial charge in [0, 0.05) is 31.9 Å². The number of carboxylic acids is 1. The van der Waals surface area contributed by atoms with Gasteiger partial charge >= 0.3 is 5.97 Å². The average Bonchev–Trinajstić information content (AvgIpc) is 3.59. The van der Waals surface area contributed by atoms with Crippen molar-refractivity contribution in [3.8, 4) is 0 Å². The number of aliphatic carboxylic acids is 1. The molecule has 1 aromatic heterocycles. The van der Waals surface area contributed by atoms with Crippen LogP contribution in [0.25, 0.3) is 10.8 Å². The molecular weight excluding hydrogens is 490 g/mol. The number of amides is 2. The molecule has 4 rings (SSSR count). The summed E-state index contributed by atoms with van der Waals surface area (Å²) >= 11 is 1.54. The van der Waals surface area contributed by atoms with Crippen LogP contribution in [0.4, 0.5) is 0 Å². The highest BCUT2D eigenvalue weighted by molar-refractivity contribution is 7.98. The highest BCUT2D eigenvalue weighted by atomic mass is 32.2. The van der Waals surface area contributed by atoms with E-state index in [4.69, 9.17) is 0 Å². The van der Waals surface area contributed by atoms with E-state index in [2.05, 4.69) is 33.5 Å². The fourth-order valence-electron chi connectivity index (χ4n) is 4.91. The van der Waals surface area contributed by atoms with Crippen molar-refractivity contribution >= 4 is 40.3 Å². The number of nitrogens with zero attached hydrogens (tertiary/aromatic N) is 3. The van der Waals surface area contributed by atoms with Crippen LogP contribution in [0.1, 0.15) is 35.3 Å². The summed E-state index contributed by atoms with van der Waals surface area (Å²) in [7, 11) is 0. The first-order valence-corrected chi connectivity index (χ1v) is 13.9. The van der Waals surface area contributed by atoms with Gasteiger partial charge in [-0.25, -0.2) is 9.78 Å². The van der Waals surface area contributed by atoms with Crippen molar-refractivity contribution in [1.82, 2.24) is 25.1 Å². The van der Waals surface area contributed by atoms with Gasteiger partial charge in [0.1, 0.15) is 11.7 Å². The van der Waals surface area contributed by atoms with E-state index in [1.54, 1.807) is 18.0 Å². The number of H-pyrrole nitrogens is 1. The van der Waals surface area contributed by atoms with E-state index < -0.39 is 12.0 Å². The maximum atomic E-state index is 13.1. The van der Waals surface area contributed by atoms with Crippen molar-refractivity contribution in [2.24, 2.45) is 0 Å². The minimum absolute atomic E-state index is 0.0349. The predicted molar refractivity (Wildman–Crippen MR) is 144 cm³/mol. The number of aromatic amines is 1. The number of hydrogen-bond acceptors (Lipinski definition) is 6. The van der Waals surface area contributed by atoms with Crippen molar-refractivity contribution < 1.29 is 19.5 Å². The molecule has 1 fully saturated rings. The molecule has 0 aliphatic carbocycles. The molecule has 0 spiro atoms. The first kappa shape index (κ1) is 26.7. The van der Waals surface area contributed by atoms with Crippen molar-refractivity contribution in [3.05, 3.63) is 66.2 Å². The van der Waals surface area contributed by atoms with Crippen LogP contribution in [-0.2, 0) is 16.1 Å². The van der Waals surface area contributed by atoms with Gasteiger partial charge in [0.25, 0.3) is 5.91 Å². The number of nitrogens with one attached hydrogen (secondary N) is 2. The van der Waals surface area contributed by atoms with Gasteiger partial charge in [-0.3, -0.25) is 14.5 Å². The maximum absolute atomic E-state index is 13.1. The van der Waals surface area contributed by atoms with E-state index in [1.807, 2.05) is 40.3 Å². The number of rotatable bonds is 12. The second kappa shape index (κ2) is 12.7. The molecule has 9 nitrogen and oxygen atoms in total. The first-order chi connectivity index (χ1) is 18.0. The second-order valence-corrected chi connectivity index (χ2v) is 10.3. The van der Waals surface area contributed by atoms with Crippen molar-refractivity contribution in [2.45, 2.75) is 37.9 Å². The number of benzene rings is 2. The van der Waals surface area contributed by atoms with Gasteiger partial charge in [-0.2, -0.15) is 11.8 Å². The molecule has 2 heterocycles. The Labute approximate surface area is 220 Å². The second-order valence-electron chi connectivity index (χ2n) is 9.30. The van der Waals surface area contributed by atoms with Gasteiger partial charge in [0.15, 0.2) is 0 Å². The van der Waals surface area contributed by atoms with Gasteiger partial charge in [0.05, 0.1) is 12.9 Å². The Balaban J connectivity index is 1.53. The Hall–Kier alpha value is -3.37. The minimum atomic E-state index is -1.03. The maximum Gasteiger partial charge on any atom is 0.326 e. The van der Waals surface area contributed by atoms with Crippen molar-refractivity contribution in [1.29, 1.82) is 0 Å². The number of aromatic nitrogens is 2. The summed E-state index contributed by atoms with van der Waals surface area (Å²) in [4.78, 5) is 48.6. The van der Waals surface area contributed by atoms with E-state index in [-0.39, 0.29) is 24.4 Å². The number of carbonyl (C=O) groups is 3. The standard InChI is InChI=1S/C27H33N5O4S/c1-37-13-11-23(27(35)36)30-25(33)17-31(15-20-8-4-7-19-6-2-3-10-22(19)20)16-21-9-5-12-32(21)26(34)24-14-28-18-29-24/h2-4,6-8,10,14,18,21,23H,5,9,11-13,15-17H2,1H3,(H,28,29)(H,30,33)(H,35,36)/t21-,23-/m0/s1. The van der Waals surface area contributed by atoms with Crippen molar-refractivity contribution in [2.75, 3.05) is 31.6 Å². The molecule has 0 radical (unpaired) electrons. The summed E-state index contributed by atoms with van der Waals surface area (Å²) in [6.07, 6.45) is 7.07. The highest BCUT2D eigenvalue weighted by Crippen LogP contribution is 2.24. The minimum Gasteiger partial charge on any atom is -0.480 e. The van der Waals surface area contributed by atoms with Crippen LogP contribution in [0.2, 0.25) is 0 Å². The first-order valence-electron chi connectivity index (χ1n) is 12.5.